The molecular formula is C9H18N2O5S2. The number of hydrogen-bond acceptors (Lipinski definition) is 6. The Bertz CT molecular complexity index is 497. The number of nitrogens with one attached hydrogen (secondary N) is 2. The molecule has 0 aliphatic carbocycles. The first kappa shape index (κ1) is 15.4. The van der Waals surface area contributed by atoms with Crippen molar-refractivity contribution in [3.05, 3.63) is 0 Å². The van der Waals surface area contributed by atoms with Crippen molar-refractivity contribution in [2.24, 2.45) is 0 Å². The summed E-state index contributed by atoms with van der Waals surface area (Å²) in [5.74, 6) is -0.860. The Morgan fingerprint density at radius 1 is 1.44 bits per heavy atom. The molecule has 0 bridgehead atoms. The lowest BCUT2D eigenvalue weighted by Crippen LogP contribution is -2.47. The summed E-state index contributed by atoms with van der Waals surface area (Å²) >= 11 is 0. The summed E-state index contributed by atoms with van der Waals surface area (Å²) in [5.41, 5.74) is 0. The molecule has 0 aromatic heterocycles. The Hall–Kier alpha value is -0.670. The molecule has 1 aliphatic rings. The number of sulfonamides is 1. The molecular weight excluding hydrogens is 280 g/mol. The van der Waals surface area contributed by atoms with Crippen LogP contribution in [0, 0.1) is 0 Å². The molecule has 0 aromatic carbocycles. The Morgan fingerprint density at radius 3 is 2.67 bits per heavy atom. The van der Waals surface area contributed by atoms with Crippen molar-refractivity contribution in [2.45, 2.75) is 25.8 Å². The molecule has 0 saturated carbocycles. The largest absolute Gasteiger partial charge is 0.311 e. The number of carbonyl (C=O) groups excluding carboxylic acids is 1. The predicted molar refractivity (Wildman–Crippen MR) is 67.3 cm³/mol. The van der Waals surface area contributed by atoms with Gasteiger partial charge in [0.25, 0.3) is 0 Å². The fourth-order valence-corrected chi connectivity index (χ4v) is 4.27. The zero-order valence-corrected chi connectivity index (χ0v) is 11.8. The van der Waals surface area contributed by atoms with E-state index in [0.29, 0.717) is 13.0 Å². The summed E-state index contributed by atoms with van der Waals surface area (Å²) in [6.07, 6.45) is 0.265. The highest BCUT2D eigenvalue weighted by Crippen LogP contribution is 2.05. The summed E-state index contributed by atoms with van der Waals surface area (Å²) < 4.78 is 47.3. The van der Waals surface area contributed by atoms with Crippen LogP contribution in [0.1, 0.15) is 19.8 Å². The molecule has 1 aliphatic heterocycles. The number of rotatable bonds is 5. The van der Waals surface area contributed by atoms with E-state index < -0.39 is 31.8 Å². The van der Waals surface area contributed by atoms with Crippen molar-refractivity contribution in [1.29, 1.82) is 0 Å². The maximum absolute atomic E-state index is 11.5. The Kier molecular flexibility index (Phi) is 5.11. The van der Waals surface area contributed by atoms with Crippen LogP contribution >= 0.6 is 0 Å². The van der Waals surface area contributed by atoms with E-state index in [0.717, 1.165) is 0 Å². The highest BCUT2D eigenvalue weighted by molar-refractivity contribution is 7.91. The van der Waals surface area contributed by atoms with Gasteiger partial charge in [-0.2, -0.15) is 0 Å². The van der Waals surface area contributed by atoms with Gasteiger partial charge in [0.15, 0.2) is 9.84 Å². The summed E-state index contributed by atoms with van der Waals surface area (Å²) in [7, 11) is -6.71. The molecule has 1 rings (SSSR count). The topological polar surface area (TPSA) is 109 Å². The Labute approximate surface area is 107 Å². The van der Waals surface area contributed by atoms with Gasteiger partial charge >= 0.3 is 0 Å². The fourth-order valence-electron chi connectivity index (χ4n) is 1.76. The third-order valence-electron chi connectivity index (χ3n) is 2.48. The number of amides is 1. The highest BCUT2D eigenvalue weighted by atomic mass is 32.2. The van der Waals surface area contributed by atoms with Gasteiger partial charge in [-0.05, 0) is 6.42 Å². The van der Waals surface area contributed by atoms with Gasteiger partial charge in [-0.1, -0.05) is 6.92 Å². The predicted octanol–water partition coefficient (Wildman–Crippen LogP) is -1.38. The van der Waals surface area contributed by atoms with Crippen LogP contribution in [-0.2, 0) is 24.7 Å². The van der Waals surface area contributed by atoms with Crippen molar-refractivity contribution in [2.75, 3.05) is 23.8 Å². The van der Waals surface area contributed by atoms with Gasteiger partial charge in [-0.25, -0.2) is 16.8 Å². The molecule has 7 nitrogen and oxygen atoms in total. The van der Waals surface area contributed by atoms with Crippen LogP contribution in [-0.4, -0.2) is 52.6 Å². The van der Waals surface area contributed by atoms with E-state index in [2.05, 4.69) is 5.32 Å². The molecule has 0 spiro atoms. The minimum Gasteiger partial charge on any atom is -0.311 e. The Balaban J connectivity index is 2.50. The van der Waals surface area contributed by atoms with Crippen LogP contribution in [0.15, 0.2) is 0 Å². The monoisotopic (exact) mass is 298 g/mol. The van der Waals surface area contributed by atoms with E-state index in [4.69, 9.17) is 0 Å². The number of sulfone groups is 1. The second-order valence-electron chi connectivity index (χ2n) is 4.31. The lowest BCUT2D eigenvalue weighted by molar-refractivity contribution is -0.119. The third-order valence-corrected chi connectivity index (χ3v) is 5.70. The smallest absolute Gasteiger partial charge is 0.235 e. The second-order valence-corrected chi connectivity index (χ2v) is 8.38. The lowest BCUT2D eigenvalue weighted by Gasteiger charge is -2.22. The van der Waals surface area contributed by atoms with E-state index in [9.17, 15) is 21.6 Å². The summed E-state index contributed by atoms with van der Waals surface area (Å²) in [4.78, 5) is 11.5. The van der Waals surface area contributed by atoms with Gasteiger partial charge in [-0.15, -0.1) is 0 Å². The molecule has 1 atom stereocenters. The normalized spacial score (nSPS) is 23.5. The van der Waals surface area contributed by atoms with E-state index >= 15 is 0 Å². The molecule has 1 unspecified atom stereocenters. The molecule has 1 saturated heterocycles. The molecule has 1 fully saturated rings. The minimum atomic E-state index is -3.59. The maximum atomic E-state index is 11.5. The van der Waals surface area contributed by atoms with Gasteiger partial charge in [0.05, 0.1) is 17.3 Å². The van der Waals surface area contributed by atoms with Gasteiger partial charge in [0.1, 0.15) is 0 Å². The van der Waals surface area contributed by atoms with Crippen molar-refractivity contribution >= 4 is 25.8 Å². The average molecular weight is 298 g/mol. The number of hydrogen-bond donors (Lipinski definition) is 2. The molecule has 0 aromatic rings. The van der Waals surface area contributed by atoms with Crippen molar-refractivity contribution in [3.8, 4) is 0 Å². The first-order valence-corrected chi connectivity index (χ1v) is 9.18. The molecule has 9 heteroatoms. The van der Waals surface area contributed by atoms with Crippen LogP contribution in [0.3, 0.4) is 0 Å². The van der Waals surface area contributed by atoms with Crippen LogP contribution in [0.5, 0.6) is 0 Å². The van der Waals surface area contributed by atoms with Gasteiger partial charge < -0.3 is 5.32 Å². The quantitative estimate of drug-likeness (QED) is 0.647. The molecule has 0 radical (unpaired) electrons. The number of carbonyl (C=O) groups is 1. The van der Waals surface area contributed by atoms with E-state index in [-0.39, 0.29) is 23.7 Å². The van der Waals surface area contributed by atoms with Crippen LogP contribution < -0.4 is 10.0 Å². The van der Waals surface area contributed by atoms with Crippen LogP contribution in [0.2, 0.25) is 0 Å². The van der Waals surface area contributed by atoms with E-state index in [1.807, 2.05) is 4.72 Å². The zero-order chi connectivity index (χ0) is 13.8. The average Bonchev–Trinajstić information content (AvgIpc) is 2.13. The van der Waals surface area contributed by atoms with Crippen molar-refractivity contribution in [1.82, 2.24) is 10.0 Å². The molecule has 18 heavy (non-hydrogen) atoms. The molecule has 106 valence electrons. The maximum Gasteiger partial charge on any atom is 0.235 e. The zero-order valence-electron chi connectivity index (χ0n) is 10.2. The van der Waals surface area contributed by atoms with Crippen LogP contribution in [0.25, 0.3) is 0 Å². The standard InChI is InChI=1S/C9H18N2O5S2/c1-2-4-18(15,16)11-9(12)6-8-7-17(13,14)5-3-10-8/h8,10H,2-7H2,1H3,(H,11,12). The third kappa shape index (κ3) is 5.32. The SMILES string of the molecule is CCCS(=O)(=O)NC(=O)CC1CS(=O)(=O)CCN1. The first-order chi connectivity index (χ1) is 8.24. The molecule has 1 amide bonds. The fraction of sp³-hybridized carbons (Fsp3) is 0.889. The Morgan fingerprint density at radius 2 is 2.11 bits per heavy atom. The molecule has 1 heterocycles. The highest BCUT2D eigenvalue weighted by Gasteiger charge is 2.27. The van der Waals surface area contributed by atoms with Crippen LogP contribution in [0.4, 0.5) is 0 Å². The van der Waals surface area contributed by atoms with Crippen molar-refractivity contribution < 1.29 is 21.6 Å². The molecule has 2 N–H and O–H groups in total. The van der Waals surface area contributed by atoms with Crippen molar-refractivity contribution in [3.63, 3.8) is 0 Å². The van der Waals surface area contributed by atoms with Gasteiger partial charge in [0, 0.05) is 19.0 Å². The van der Waals surface area contributed by atoms with Gasteiger partial charge in [-0.3, -0.25) is 9.52 Å². The first-order valence-electron chi connectivity index (χ1n) is 5.71. The lowest BCUT2D eigenvalue weighted by atomic mass is 10.2. The summed E-state index contributed by atoms with van der Waals surface area (Å²) in [5, 5.41) is 2.89. The van der Waals surface area contributed by atoms with Gasteiger partial charge in [0.2, 0.25) is 15.9 Å². The van der Waals surface area contributed by atoms with E-state index in [1.54, 1.807) is 6.92 Å². The second kappa shape index (κ2) is 5.98. The minimum absolute atomic E-state index is 0.0548. The summed E-state index contributed by atoms with van der Waals surface area (Å²) in [6.45, 7) is 1.99. The van der Waals surface area contributed by atoms with E-state index in [1.165, 1.54) is 0 Å². The summed E-state index contributed by atoms with van der Waals surface area (Å²) in [6, 6.07) is -0.513.